The number of anilines is 2. The summed E-state index contributed by atoms with van der Waals surface area (Å²) < 4.78 is 64.1. The second-order valence-electron chi connectivity index (χ2n) is 5.44. The van der Waals surface area contributed by atoms with E-state index in [0.717, 1.165) is 12.1 Å². The Morgan fingerprint density at radius 2 is 1.28 bits per heavy atom. The van der Waals surface area contributed by atoms with Gasteiger partial charge in [-0.2, -0.15) is 22.0 Å². The molecule has 0 aliphatic carbocycles. The molecule has 1 aromatic heterocycles. The van der Waals surface area contributed by atoms with E-state index in [1.165, 1.54) is 42.7 Å². The van der Waals surface area contributed by atoms with E-state index in [0.29, 0.717) is 0 Å². The first kappa shape index (κ1) is 22.0. The fourth-order valence-electron chi connectivity index (χ4n) is 2.13. The van der Waals surface area contributed by atoms with Crippen LogP contribution in [-0.4, -0.2) is 46.6 Å². The minimum Gasteiger partial charge on any atom is -0.399 e. The van der Waals surface area contributed by atoms with Crippen molar-refractivity contribution >= 4 is 43.8 Å². The van der Waals surface area contributed by atoms with Crippen molar-refractivity contribution < 1.29 is 25.9 Å². The van der Waals surface area contributed by atoms with Crippen LogP contribution in [0.4, 0.5) is 11.4 Å². The lowest BCUT2D eigenvalue weighted by Gasteiger charge is -2.06. The van der Waals surface area contributed by atoms with E-state index in [-0.39, 0.29) is 22.5 Å². The van der Waals surface area contributed by atoms with Crippen LogP contribution in [0.3, 0.4) is 0 Å². The molecule has 12 nitrogen and oxygen atoms in total. The third-order valence-electron chi connectivity index (χ3n) is 3.34. The van der Waals surface area contributed by atoms with Gasteiger partial charge in [-0.1, -0.05) is 29.5 Å². The number of tetrazole rings is 1. The van der Waals surface area contributed by atoms with Crippen LogP contribution in [0.1, 0.15) is 11.1 Å². The SMILES string of the molecule is Nc1ccc(C=Cc2ccc(N)cc2S(=O)(=O)O)c(S(=O)(=O)O)c1.c1nn[nH]n1. The molecule has 0 saturated heterocycles. The lowest BCUT2D eigenvalue weighted by Crippen LogP contribution is -2.03. The molecule has 0 spiro atoms. The molecule has 154 valence electrons. The Morgan fingerprint density at radius 1 is 0.828 bits per heavy atom. The molecule has 14 heteroatoms. The highest BCUT2D eigenvalue weighted by Gasteiger charge is 2.16. The number of hydrogen-bond acceptors (Lipinski definition) is 9. The van der Waals surface area contributed by atoms with E-state index in [1.54, 1.807) is 0 Å². The maximum atomic E-state index is 11.4. The predicted octanol–water partition coefficient (Wildman–Crippen LogP) is 0.715. The average Bonchev–Trinajstić information content (AvgIpc) is 3.20. The van der Waals surface area contributed by atoms with Gasteiger partial charge < -0.3 is 11.5 Å². The second kappa shape index (κ2) is 8.78. The number of hydrogen-bond donors (Lipinski definition) is 5. The molecule has 1 heterocycles. The number of nitrogens with one attached hydrogen (secondary N) is 1. The van der Waals surface area contributed by atoms with E-state index < -0.39 is 30.0 Å². The lowest BCUT2D eigenvalue weighted by atomic mass is 10.1. The maximum absolute atomic E-state index is 11.4. The number of H-pyrrole nitrogens is 1. The number of aromatic amines is 1. The van der Waals surface area contributed by atoms with Crippen molar-refractivity contribution in [2.24, 2.45) is 0 Å². The summed E-state index contributed by atoms with van der Waals surface area (Å²) in [6.07, 6.45) is 3.87. The highest BCUT2D eigenvalue weighted by Crippen LogP contribution is 2.24. The number of aromatic nitrogens is 4. The zero-order chi connectivity index (χ0) is 21.7. The van der Waals surface area contributed by atoms with Crippen molar-refractivity contribution in [3.05, 3.63) is 53.9 Å². The Hall–Kier alpha value is -3.33. The monoisotopic (exact) mass is 440 g/mol. The Kier molecular flexibility index (Phi) is 6.65. The Bertz CT molecular complexity index is 1120. The average molecular weight is 440 g/mol. The Labute approximate surface area is 165 Å². The first-order valence-corrected chi connectivity index (χ1v) is 10.4. The van der Waals surface area contributed by atoms with E-state index in [2.05, 4.69) is 20.6 Å². The molecule has 0 radical (unpaired) electrons. The molecular formula is C15H16N6O6S2. The molecule has 0 amide bonds. The molecule has 29 heavy (non-hydrogen) atoms. The molecule has 0 unspecified atom stereocenters. The largest absolute Gasteiger partial charge is 0.399 e. The van der Waals surface area contributed by atoms with Gasteiger partial charge in [0.15, 0.2) is 6.33 Å². The molecule has 0 aliphatic rings. The van der Waals surface area contributed by atoms with Crippen LogP contribution in [0.15, 0.2) is 52.5 Å². The summed E-state index contributed by atoms with van der Waals surface area (Å²) in [7, 11) is -9.05. The van der Waals surface area contributed by atoms with Crippen molar-refractivity contribution in [2.75, 3.05) is 11.5 Å². The zero-order valence-corrected chi connectivity index (χ0v) is 16.2. The molecule has 0 bridgehead atoms. The number of nitrogen functional groups attached to an aromatic ring is 2. The van der Waals surface area contributed by atoms with Crippen molar-refractivity contribution in [3.8, 4) is 0 Å². The summed E-state index contributed by atoms with van der Waals surface area (Å²) in [6.45, 7) is 0. The first-order valence-electron chi connectivity index (χ1n) is 7.57. The number of nitrogens with two attached hydrogens (primary N) is 2. The Balaban J connectivity index is 0.000000521. The normalized spacial score (nSPS) is 11.8. The van der Waals surface area contributed by atoms with Gasteiger partial charge in [-0.3, -0.25) is 9.11 Å². The fraction of sp³-hybridized carbons (Fsp3) is 0. The maximum Gasteiger partial charge on any atom is 0.295 e. The molecule has 2 aromatic carbocycles. The van der Waals surface area contributed by atoms with Gasteiger partial charge in [0.2, 0.25) is 0 Å². The summed E-state index contributed by atoms with van der Waals surface area (Å²) in [4.78, 5) is -0.856. The number of benzene rings is 2. The zero-order valence-electron chi connectivity index (χ0n) is 14.5. The van der Waals surface area contributed by atoms with Gasteiger partial charge in [-0.05, 0) is 35.4 Å². The minimum atomic E-state index is -4.52. The molecule has 0 saturated carbocycles. The van der Waals surface area contributed by atoms with E-state index in [1.807, 2.05) is 0 Å². The highest BCUT2D eigenvalue weighted by atomic mass is 32.2. The fourth-order valence-corrected chi connectivity index (χ4v) is 3.57. The second-order valence-corrected chi connectivity index (χ2v) is 8.22. The van der Waals surface area contributed by atoms with Crippen LogP contribution in [0, 0.1) is 0 Å². The third kappa shape index (κ3) is 6.35. The van der Waals surface area contributed by atoms with Crippen LogP contribution in [0.5, 0.6) is 0 Å². The standard InChI is InChI=1S/C14H14N2O6S2.CH2N4/c15-11-5-3-9(13(7-11)23(17,18)19)1-2-10-4-6-12(16)8-14(10)24(20,21)22;1-2-4-5-3-1/h1-8H,15-16H2,(H,17,18,19)(H,20,21,22);1H,(H,2,3,4,5). The highest BCUT2D eigenvalue weighted by molar-refractivity contribution is 7.86. The summed E-state index contributed by atoms with van der Waals surface area (Å²) >= 11 is 0. The van der Waals surface area contributed by atoms with Crippen LogP contribution in [0.2, 0.25) is 0 Å². The van der Waals surface area contributed by atoms with Crippen molar-refractivity contribution in [1.82, 2.24) is 20.6 Å². The Morgan fingerprint density at radius 3 is 1.55 bits per heavy atom. The summed E-state index contributed by atoms with van der Waals surface area (Å²) in [5.74, 6) is 0. The third-order valence-corrected chi connectivity index (χ3v) is 5.16. The van der Waals surface area contributed by atoms with Gasteiger partial charge >= 0.3 is 0 Å². The molecule has 3 rings (SSSR count). The molecule has 3 aromatic rings. The minimum absolute atomic E-state index is 0.0878. The molecular weight excluding hydrogens is 424 g/mol. The summed E-state index contributed by atoms with van der Waals surface area (Å²) in [6, 6.07) is 7.67. The summed E-state index contributed by atoms with van der Waals surface area (Å²) in [5.41, 5.74) is 11.4. The number of rotatable bonds is 4. The van der Waals surface area contributed by atoms with Gasteiger partial charge in [0.1, 0.15) is 9.79 Å². The van der Waals surface area contributed by atoms with Crippen LogP contribution < -0.4 is 11.5 Å². The van der Waals surface area contributed by atoms with Crippen molar-refractivity contribution in [1.29, 1.82) is 0 Å². The van der Waals surface area contributed by atoms with Crippen LogP contribution in [0.25, 0.3) is 12.2 Å². The number of nitrogens with zero attached hydrogens (tertiary/aromatic N) is 3. The van der Waals surface area contributed by atoms with Crippen LogP contribution >= 0.6 is 0 Å². The van der Waals surface area contributed by atoms with Gasteiger partial charge in [-0.25, -0.2) is 0 Å². The molecule has 0 aliphatic heterocycles. The molecule has 7 N–H and O–H groups in total. The smallest absolute Gasteiger partial charge is 0.295 e. The van der Waals surface area contributed by atoms with E-state index in [4.69, 9.17) is 11.5 Å². The first-order chi connectivity index (χ1) is 13.5. The van der Waals surface area contributed by atoms with Crippen molar-refractivity contribution in [2.45, 2.75) is 9.79 Å². The topological polar surface area (TPSA) is 215 Å². The quantitative estimate of drug-likeness (QED) is 0.216. The van der Waals surface area contributed by atoms with E-state index in [9.17, 15) is 25.9 Å². The predicted molar refractivity (Wildman–Crippen MR) is 104 cm³/mol. The molecule has 0 fully saturated rings. The van der Waals surface area contributed by atoms with Gasteiger partial charge in [0, 0.05) is 11.4 Å². The van der Waals surface area contributed by atoms with Gasteiger partial charge in [-0.15, -0.1) is 10.2 Å². The molecule has 0 atom stereocenters. The van der Waals surface area contributed by atoms with Gasteiger partial charge in [0.05, 0.1) is 0 Å². The van der Waals surface area contributed by atoms with Crippen molar-refractivity contribution in [3.63, 3.8) is 0 Å². The lowest BCUT2D eigenvalue weighted by molar-refractivity contribution is 0.480. The van der Waals surface area contributed by atoms with Gasteiger partial charge in [0.25, 0.3) is 20.2 Å². The van der Waals surface area contributed by atoms with E-state index >= 15 is 0 Å². The summed E-state index contributed by atoms with van der Waals surface area (Å²) in [5, 5.41) is 12.2. The van der Waals surface area contributed by atoms with Crippen LogP contribution in [-0.2, 0) is 20.2 Å².